The topological polar surface area (TPSA) is 44.5 Å². The van der Waals surface area contributed by atoms with Gasteiger partial charge in [-0.05, 0) is 37.5 Å². The van der Waals surface area contributed by atoms with Gasteiger partial charge in [-0.15, -0.1) is 12.4 Å². The molecule has 0 radical (unpaired) electrons. The second-order valence-corrected chi connectivity index (χ2v) is 4.32. The molecule has 18 heavy (non-hydrogen) atoms. The molecule has 1 rings (SSSR count). The molecule has 0 heterocycles. The van der Waals surface area contributed by atoms with Crippen molar-refractivity contribution in [2.75, 3.05) is 13.7 Å². The first kappa shape index (κ1) is 17.4. The summed E-state index contributed by atoms with van der Waals surface area (Å²) in [6.07, 6.45) is 1.73. The molecule has 1 aromatic rings. The van der Waals surface area contributed by atoms with Gasteiger partial charge in [-0.25, -0.2) is 0 Å². The lowest BCUT2D eigenvalue weighted by molar-refractivity contribution is 0.311. The summed E-state index contributed by atoms with van der Waals surface area (Å²) in [5.74, 6) is 1.27. The first-order chi connectivity index (χ1) is 8.12. The summed E-state index contributed by atoms with van der Waals surface area (Å²) < 4.78 is 10.7. The van der Waals surface area contributed by atoms with E-state index in [1.807, 2.05) is 19.1 Å². The fourth-order valence-electron chi connectivity index (χ4n) is 1.62. The molecule has 1 atom stereocenters. The molecule has 0 aliphatic heterocycles. The quantitative estimate of drug-likeness (QED) is 0.874. The average molecular weight is 294 g/mol. The molecule has 0 aliphatic carbocycles. The zero-order chi connectivity index (χ0) is 12.8. The molecule has 5 heteroatoms. The zero-order valence-corrected chi connectivity index (χ0v) is 12.6. The van der Waals surface area contributed by atoms with Crippen LogP contribution in [0.1, 0.15) is 25.8 Å². The van der Waals surface area contributed by atoms with Crippen LogP contribution in [0.3, 0.4) is 0 Å². The molecular formula is C13H21Cl2NO2. The van der Waals surface area contributed by atoms with E-state index in [0.717, 1.165) is 18.4 Å². The van der Waals surface area contributed by atoms with Gasteiger partial charge in [0.1, 0.15) is 0 Å². The van der Waals surface area contributed by atoms with Crippen LogP contribution in [0, 0.1) is 0 Å². The van der Waals surface area contributed by atoms with E-state index < -0.39 is 0 Å². The van der Waals surface area contributed by atoms with E-state index in [9.17, 15) is 0 Å². The third kappa shape index (κ3) is 4.56. The highest BCUT2D eigenvalue weighted by molar-refractivity contribution is 6.32. The van der Waals surface area contributed by atoms with Crippen LogP contribution in [0.2, 0.25) is 5.02 Å². The summed E-state index contributed by atoms with van der Waals surface area (Å²) in [5, 5.41) is 0.574. The number of rotatable bonds is 6. The van der Waals surface area contributed by atoms with Crippen LogP contribution in [-0.2, 0) is 6.42 Å². The van der Waals surface area contributed by atoms with Crippen molar-refractivity contribution in [3.8, 4) is 11.5 Å². The van der Waals surface area contributed by atoms with Crippen molar-refractivity contribution in [3.05, 3.63) is 22.7 Å². The van der Waals surface area contributed by atoms with E-state index in [1.54, 1.807) is 7.11 Å². The maximum absolute atomic E-state index is 6.17. The van der Waals surface area contributed by atoms with Gasteiger partial charge in [0.15, 0.2) is 11.5 Å². The van der Waals surface area contributed by atoms with Crippen molar-refractivity contribution >= 4 is 24.0 Å². The van der Waals surface area contributed by atoms with Crippen molar-refractivity contribution < 1.29 is 9.47 Å². The lowest BCUT2D eigenvalue weighted by Gasteiger charge is -2.14. The summed E-state index contributed by atoms with van der Waals surface area (Å²) in [4.78, 5) is 0. The van der Waals surface area contributed by atoms with E-state index in [2.05, 4.69) is 6.92 Å². The normalized spacial score (nSPS) is 11.6. The van der Waals surface area contributed by atoms with Gasteiger partial charge >= 0.3 is 0 Å². The largest absolute Gasteiger partial charge is 0.493 e. The Hall–Kier alpha value is -0.640. The van der Waals surface area contributed by atoms with Crippen molar-refractivity contribution in [1.29, 1.82) is 0 Å². The Balaban J connectivity index is 0.00000289. The molecule has 1 unspecified atom stereocenters. The Morgan fingerprint density at radius 1 is 1.33 bits per heavy atom. The number of methoxy groups -OCH3 is 1. The number of hydrogen-bond acceptors (Lipinski definition) is 3. The van der Waals surface area contributed by atoms with Crippen LogP contribution in [0.4, 0.5) is 0 Å². The summed E-state index contributed by atoms with van der Waals surface area (Å²) in [6, 6.07) is 3.98. The van der Waals surface area contributed by atoms with Crippen molar-refractivity contribution in [1.82, 2.24) is 0 Å². The Morgan fingerprint density at radius 2 is 2.00 bits per heavy atom. The number of benzene rings is 1. The third-order valence-corrected chi connectivity index (χ3v) is 2.88. The lowest BCUT2D eigenvalue weighted by atomic mass is 10.0. The highest BCUT2D eigenvalue weighted by Gasteiger charge is 2.12. The fraction of sp³-hybridized carbons (Fsp3) is 0.538. The second-order valence-electron chi connectivity index (χ2n) is 3.91. The minimum Gasteiger partial charge on any atom is -0.493 e. The molecule has 1 aromatic carbocycles. The third-order valence-electron chi connectivity index (χ3n) is 2.60. The number of ether oxygens (including phenoxy) is 2. The molecule has 0 saturated carbocycles. The molecule has 0 aromatic heterocycles. The average Bonchev–Trinajstić information content (AvgIpc) is 2.32. The summed E-state index contributed by atoms with van der Waals surface area (Å²) in [6.45, 7) is 4.54. The van der Waals surface area contributed by atoms with Gasteiger partial charge in [-0.2, -0.15) is 0 Å². The van der Waals surface area contributed by atoms with Crippen LogP contribution in [0.15, 0.2) is 12.1 Å². The zero-order valence-electron chi connectivity index (χ0n) is 11.0. The summed E-state index contributed by atoms with van der Waals surface area (Å²) >= 11 is 6.17. The van der Waals surface area contributed by atoms with Crippen LogP contribution >= 0.6 is 24.0 Å². The highest BCUT2D eigenvalue weighted by Crippen LogP contribution is 2.36. The predicted molar refractivity (Wildman–Crippen MR) is 78.4 cm³/mol. The first-order valence-electron chi connectivity index (χ1n) is 5.87. The molecule has 104 valence electrons. The van der Waals surface area contributed by atoms with Crippen LogP contribution in [0.25, 0.3) is 0 Å². The van der Waals surface area contributed by atoms with E-state index in [1.165, 1.54) is 0 Å². The molecule has 0 amide bonds. The van der Waals surface area contributed by atoms with Gasteiger partial charge in [0.05, 0.1) is 18.7 Å². The van der Waals surface area contributed by atoms with Gasteiger partial charge < -0.3 is 15.2 Å². The Labute approximate surface area is 120 Å². The SMILES string of the molecule is CCOc1c(Cl)cc(CC(N)CC)cc1OC.Cl. The standard InChI is InChI=1S/C13H20ClNO2.ClH/c1-4-10(15)6-9-7-11(14)13(17-5-2)12(8-9)16-3;/h7-8,10H,4-6,15H2,1-3H3;1H. The minimum atomic E-state index is 0. The highest BCUT2D eigenvalue weighted by atomic mass is 35.5. The molecule has 0 aliphatic rings. The molecule has 3 nitrogen and oxygen atoms in total. The van der Waals surface area contributed by atoms with Crippen molar-refractivity contribution in [2.45, 2.75) is 32.7 Å². The molecule has 0 saturated heterocycles. The minimum absolute atomic E-state index is 0. The van der Waals surface area contributed by atoms with Gasteiger partial charge in [0.2, 0.25) is 0 Å². The van der Waals surface area contributed by atoms with Crippen LogP contribution < -0.4 is 15.2 Å². The lowest BCUT2D eigenvalue weighted by Crippen LogP contribution is -2.21. The van der Waals surface area contributed by atoms with E-state index in [0.29, 0.717) is 23.1 Å². The first-order valence-corrected chi connectivity index (χ1v) is 6.24. The van der Waals surface area contributed by atoms with E-state index in [4.69, 9.17) is 26.8 Å². The molecule has 2 N–H and O–H groups in total. The predicted octanol–water partition coefficient (Wildman–Crippen LogP) is 3.45. The maximum Gasteiger partial charge on any atom is 0.179 e. The smallest absolute Gasteiger partial charge is 0.179 e. The molecule has 0 spiro atoms. The van der Waals surface area contributed by atoms with Gasteiger partial charge in [-0.1, -0.05) is 18.5 Å². The second kappa shape index (κ2) is 8.46. The molecular weight excluding hydrogens is 273 g/mol. The van der Waals surface area contributed by atoms with E-state index in [-0.39, 0.29) is 18.4 Å². The summed E-state index contributed by atoms with van der Waals surface area (Å²) in [7, 11) is 1.61. The Morgan fingerprint density at radius 3 is 2.50 bits per heavy atom. The van der Waals surface area contributed by atoms with Crippen LogP contribution in [0.5, 0.6) is 11.5 Å². The Kier molecular flexibility index (Phi) is 8.16. The number of nitrogens with two attached hydrogens (primary N) is 1. The van der Waals surface area contributed by atoms with Gasteiger partial charge in [0.25, 0.3) is 0 Å². The van der Waals surface area contributed by atoms with Crippen molar-refractivity contribution in [2.24, 2.45) is 5.73 Å². The maximum atomic E-state index is 6.17. The van der Waals surface area contributed by atoms with Gasteiger partial charge in [-0.3, -0.25) is 0 Å². The summed E-state index contributed by atoms with van der Waals surface area (Å²) in [5.41, 5.74) is 7.00. The fourth-order valence-corrected chi connectivity index (χ4v) is 1.91. The van der Waals surface area contributed by atoms with Crippen LogP contribution in [-0.4, -0.2) is 19.8 Å². The van der Waals surface area contributed by atoms with Crippen molar-refractivity contribution in [3.63, 3.8) is 0 Å². The van der Waals surface area contributed by atoms with Gasteiger partial charge in [0, 0.05) is 6.04 Å². The molecule has 0 fully saturated rings. The molecule has 0 bridgehead atoms. The number of hydrogen-bond donors (Lipinski definition) is 1. The van der Waals surface area contributed by atoms with E-state index >= 15 is 0 Å². The Bertz CT molecular complexity index is 372. The monoisotopic (exact) mass is 293 g/mol. The number of halogens is 2.